The monoisotopic (exact) mass is 251 g/mol. The average molecular weight is 251 g/mol. The molecule has 1 aromatic rings. The maximum Gasteiger partial charge on any atom is 0.244 e. The molecule has 1 fully saturated rings. The van der Waals surface area contributed by atoms with Crippen LogP contribution in [0.3, 0.4) is 0 Å². The molecule has 0 aromatic carbocycles. The molecular weight excluding hydrogens is 230 g/mol. The Morgan fingerprint density at radius 3 is 2.61 bits per heavy atom. The molecule has 0 spiro atoms. The predicted octanol–water partition coefficient (Wildman–Crippen LogP) is 0.484. The van der Waals surface area contributed by atoms with Crippen LogP contribution in [0.2, 0.25) is 0 Å². The minimum absolute atomic E-state index is 0.112. The molecule has 1 amide bonds. The topological polar surface area (TPSA) is 77.0 Å². The van der Waals surface area contributed by atoms with Crippen LogP contribution in [0.15, 0.2) is 6.20 Å². The Morgan fingerprint density at radius 1 is 1.39 bits per heavy atom. The van der Waals surface area contributed by atoms with Gasteiger partial charge in [-0.15, -0.1) is 5.10 Å². The van der Waals surface area contributed by atoms with E-state index in [-0.39, 0.29) is 12.5 Å². The van der Waals surface area contributed by atoms with Crippen LogP contribution >= 0.6 is 0 Å². The highest BCUT2D eigenvalue weighted by atomic mass is 16.2. The van der Waals surface area contributed by atoms with Gasteiger partial charge in [0.15, 0.2) is 0 Å². The maximum absolute atomic E-state index is 12.0. The highest BCUT2D eigenvalue weighted by Crippen LogP contribution is 2.13. The van der Waals surface area contributed by atoms with Gasteiger partial charge in [-0.05, 0) is 33.1 Å². The zero-order chi connectivity index (χ0) is 13.2. The molecule has 2 heterocycles. The fraction of sp³-hybridized carbons (Fsp3) is 0.750. The van der Waals surface area contributed by atoms with E-state index in [1.54, 1.807) is 10.9 Å². The molecule has 6 heteroatoms. The molecule has 18 heavy (non-hydrogen) atoms. The van der Waals surface area contributed by atoms with Crippen molar-refractivity contribution in [2.45, 2.75) is 45.2 Å². The first kappa shape index (κ1) is 13.0. The van der Waals surface area contributed by atoms with Gasteiger partial charge in [0.1, 0.15) is 12.2 Å². The third kappa shape index (κ3) is 3.07. The first-order valence-electron chi connectivity index (χ1n) is 6.44. The minimum Gasteiger partial charge on any atom is -0.341 e. The van der Waals surface area contributed by atoms with E-state index in [4.69, 9.17) is 5.73 Å². The van der Waals surface area contributed by atoms with Gasteiger partial charge >= 0.3 is 0 Å². The largest absolute Gasteiger partial charge is 0.341 e. The fourth-order valence-electron chi connectivity index (χ4n) is 2.05. The molecule has 0 aliphatic carbocycles. The number of likely N-dealkylation sites (tertiary alicyclic amines) is 1. The summed E-state index contributed by atoms with van der Waals surface area (Å²) >= 11 is 0. The van der Waals surface area contributed by atoms with Crippen molar-refractivity contribution in [3.8, 4) is 0 Å². The third-order valence-electron chi connectivity index (χ3n) is 3.20. The van der Waals surface area contributed by atoms with Crippen molar-refractivity contribution in [1.82, 2.24) is 19.9 Å². The lowest BCUT2D eigenvalue weighted by Crippen LogP contribution is -2.37. The van der Waals surface area contributed by atoms with Crippen LogP contribution in [0.25, 0.3) is 0 Å². The van der Waals surface area contributed by atoms with Crippen LogP contribution in [0.4, 0.5) is 0 Å². The van der Waals surface area contributed by atoms with E-state index < -0.39 is 5.54 Å². The molecule has 1 aliphatic heterocycles. The summed E-state index contributed by atoms with van der Waals surface area (Å²) < 4.78 is 1.57. The molecule has 1 saturated heterocycles. The highest BCUT2D eigenvalue weighted by Gasteiger charge is 2.21. The Bertz CT molecular complexity index is 414. The van der Waals surface area contributed by atoms with Crippen molar-refractivity contribution in [3.05, 3.63) is 11.9 Å². The van der Waals surface area contributed by atoms with Crippen molar-refractivity contribution in [2.75, 3.05) is 13.1 Å². The molecule has 0 unspecified atom stereocenters. The summed E-state index contributed by atoms with van der Waals surface area (Å²) in [4.78, 5) is 13.9. The summed E-state index contributed by atoms with van der Waals surface area (Å²) in [5, 5.41) is 7.96. The molecular formula is C12H21N5O. The molecule has 100 valence electrons. The lowest BCUT2D eigenvalue weighted by atomic mass is 10.0. The number of hydrogen-bond donors (Lipinski definition) is 1. The number of piperidine rings is 1. The second-order valence-corrected chi connectivity index (χ2v) is 5.46. The Balaban J connectivity index is 1.96. The van der Waals surface area contributed by atoms with E-state index in [9.17, 15) is 4.79 Å². The molecule has 0 atom stereocenters. The normalized spacial score (nSPS) is 16.9. The van der Waals surface area contributed by atoms with Gasteiger partial charge in [-0.2, -0.15) is 0 Å². The zero-order valence-electron chi connectivity index (χ0n) is 11.1. The third-order valence-corrected chi connectivity index (χ3v) is 3.20. The van der Waals surface area contributed by atoms with Crippen molar-refractivity contribution in [3.63, 3.8) is 0 Å². The molecule has 1 aliphatic rings. The van der Waals surface area contributed by atoms with E-state index in [1.807, 2.05) is 18.7 Å². The number of carbonyl (C=O) groups is 1. The molecule has 2 N–H and O–H groups in total. The number of nitrogens with two attached hydrogens (primary N) is 1. The molecule has 0 radical (unpaired) electrons. The first-order valence-corrected chi connectivity index (χ1v) is 6.44. The Labute approximate surface area is 107 Å². The van der Waals surface area contributed by atoms with Crippen LogP contribution in [0.1, 0.15) is 38.8 Å². The second kappa shape index (κ2) is 5.06. The number of amides is 1. The number of carbonyl (C=O) groups excluding carboxylic acids is 1. The highest BCUT2D eigenvalue weighted by molar-refractivity contribution is 5.75. The molecule has 0 saturated carbocycles. The van der Waals surface area contributed by atoms with Crippen LogP contribution in [0, 0.1) is 0 Å². The van der Waals surface area contributed by atoms with Crippen molar-refractivity contribution >= 4 is 5.91 Å². The summed E-state index contributed by atoms with van der Waals surface area (Å²) in [7, 11) is 0. The van der Waals surface area contributed by atoms with Gasteiger partial charge in [-0.25, -0.2) is 4.68 Å². The molecule has 0 bridgehead atoms. The van der Waals surface area contributed by atoms with Gasteiger partial charge in [0, 0.05) is 13.1 Å². The summed E-state index contributed by atoms with van der Waals surface area (Å²) in [5.74, 6) is 0.112. The fourth-order valence-corrected chi connectivity index (χ4v) is 2.05. The number of rotatable bonds is 3. The lowest BCUT2D eigenvalue weighted by Gasteiger charge is -2.26. The Morgan fingerprint density at radius 2 is 2.06 bits per heavy atom. The van der Waals surface area contributed by atoms with Gasteiger partial charge in [0.05, 0.1) is 11.7 Å². The molecule has 2 rings (SSSR count). The van der Waals surface area contributed by atoms with Gasteiger partial charge in [-0.1, -0.05) is 5.21 Å². The SMILES string of the molecule is CC(C)(N)c1cn(CC(=O)N2CCCCC2)nn1. The summed E-state index contributed by atoms with van der Waals surface area (Å²) in [5.41, 5.74) is 6.11. The first-order chi connectivity index (χ1) is 8.47. The minimum atomic E-state index is -0.521. The van der Waals surface area contributed by atoms with E-state index >= 15 is 0 Å². The standard InChI is InChI=1S/C12H21N5O/c1-12(2,13)10-8-17(15-14-10)9-11(18)16-6-4-3-5-7-16/h8H,3-7,9,13H2,1-2H3. The van der Waals surface area contributed by atoms with E-state index in [0.29, 0.717) is 5.69 Å². The van der Waals surface area contributed by atoms with Gasteiger partial charge in [0.25, 0.3) is 0 Å². The lowest BCUT2D eigenvalue weighted by molar-refractivity contribution is -0.132. The quantitative estimate of drug-likeness (QED) is 0.848. The van der Waals surface area contributed by atoms with E-state index in [2.05, 4.69) is 10.3 Å². The Hall–Kier alpha value is -1.43. The smallest absolute Gasteiger partial charge is 0.244 e. The number of aromatic nitrogens is 3. The maximum atomic E-state index is 12.0. The zero-order valence-corrected chi connectivity index (χ0v) is 11.1. The summed E-state index contributed by atoms with van der Waals surface area (Å²) in [6, 6.07) is 0. The van der Waals surface area contributed by atoms with E-state index in [0.717, 1.165) is 25.9 Å². The Kier molecular flexibility index (Phi) is 3.65. The second-order valence-electron chi connectivity index (χ2n) is 5.46. The van der Waals surface area contributed by atoms with Crippen LogP contribution in [0.5, 0.6) is 0 Å². The van der Waals surface area contributed by atoms with E-state index in [1.165, 1.54) is 6.42 Å². The van der Waals surface area contributed by atoms with Gasteiger partial charge in [0.2, 0.25) is 5.91 Å². The summed E-state index contributed by atoms with van der Waals surface area (Å²) in [6.07, 6.45) is 5.18. The van der Waals surface area contributed by atoms with Crippen LogP contribution < -0.4 is 5.73 Å². The molecule has 6 nitrogen and oxygen atoms in total. The average Bonchev–Trinajstić information content (AvgIpc) is 2.78. The molecule has 1 aromatic heterocycles. The number of nitrogens with zero attached hydrogens (tertiary/aromatic N) is 4. The van der Waals surface area contributed by atoms with Crippen LogP contribution in [-0.2, 0) is 16.9 Å². The summed E-state index contributed by atoms with van der Waals surface area (Å²) in [6.45, 7) is 5.72. The van der Waals surface area contributed by atoms with Crippen LogP contribution in [-0.4, -0.2) is 38.9 Å². The van der Waals surface area contributed by atoms with Crippen molar-refractivity contribution in [2.24, 2.45) is 5.73 Å². The predicted molar refractivity (Wildman–Crippen MR) is 67.7 cm³/mol. The van der Waals surface area contributed by atoms with Crippen molar-refractivity contribution in [1.29, 1.82) is 0 Å². The van der Waals surface area contributed by atoms with Gasteiger partial charge in [-0.3, -0.25) is 4.79 Å². The van der Waals surface area contributed by atoms with Gasteiger partial charge < -0.3 is 10.6 Å². The van der Waals surface area contributed by atoms with Crippen molar-refractivity contribution < 1.29 is 4.79 Å². The number of hydrogen-bond acceptors (Lipinski definition) is 4.